The maximum atomic E-state index is 11.3. The average Bonchev–Trinajstić information content (AvgIpc) is 1.89. The van der Waals surface area contributed by atoms with Crippen LogP contribution in [0.15, 0.2) is 0 Å². The maximum Gasteiger partial charge on any atom is 0.152 e. The Bertz CT molecular complexity index is 205. The smallest absolute Gasteiger partial charge is 0.152 e. The van der Waals surface area contributed by atoms with Gasteiger partial charge in [-0.1, -0.05) is 6.92 Å². The molecule has 0 radical (unpaired) electrons. The molecule has 2 atom stereocenters. The Morgan fingerprint density at radius 3 is 2.55 bits per heavy atom. The van der Waals surface area contributed by atoms with Gasteiger partial charge < -0.3 is 5.32 Å². The molecule has 1 heterocycles. The van der Waals surface area contributed by atoms with Crippen LogP contribution in [0.1, 0.15) is 13.8 Å². The predicted octanol–water partition coefficient (Wildman–Crippen LogP) is 0.0290. The monoisotopic (exact) mass is 177 g/mol. The molecular formula is C7H15NO2S. The third kappa shape index (κ3) is 2.79. The third-order valence-corrected chi connectivity index (χ3v) is 3.94. The van der Waals surface area contributed by atoms with Gasteiger partial charge in [-0.2, -0.15) is 0 Å². The first-order valence-corrected chi connectivity index (χ1v) is 5.75. The molecule has 1 fully saturated rings. The van der Waals surface area contributed by atoms with E-state index in [4.69, 9.17) is 0 Å². The van der Waals surface area contributed by atoms with Crippen LogP contribution in [-0.2, 0) is 9.84 Å². The molecule has 0 bridgehead atoms. The molecule has 2 unspecified atom stereocenters. The molecule has 1 aliphatic heterocycles. The highest BCUT2D eigenvalue weighted by Gasteiger charge is 2.23. The molecule has 4 heteroatoms. The van der Waals surface area contributed by atoms with E-state index in [-0.39, 0.29) is 17.7 Å². The fourth-order valence-electron chi connectivity index (χ4n) is 1.40. The van der Waals surface area contributed by atoms with Crippen molar-refractivity contribution < 1.29 is 8.42 Å². The summed E-state index contributed by atoms with van der Waals surface area (Å²) in [5, 5.41) is 3.17. The summed E-state index contributed by atoms with van der Waals surface area (Å²) in [6.45, 7) is 4.69. The Kier molecular flexibility index (Phi) is 2.54. The summed E-state index contributed by atoms with van der Waals surface area (Å²) in [6.07, 6.45) is 0. The van der Waals surface area contributed by atoms with Crippen molar-refractivity contribution in [3.63, 3.8) is 0 Å². The average molecular weight is 177 g/mol. The molecule has 11 heavy (non-hydrogen) atoms. The molecule has 1 saturated heterocycles. The van der Waals surface area contributed by atoms with E-state index in [2.05, 4.69) is 5.32 Å². The van der Waals surface area contributed by atoms with Crippen molar-refractivity contribution >= 4 is 9.84 Å². The second-order valence-corrected chi connectivity index (χ2v) is 5.65. The highest BCUT2D eigenvalue weighted by Crippen LogP contribution is 2.07. The SMILES string of the molecule is CC1CNC(C)CS(=O)(=O)C1. The number of nitrogens with one attached hydrogen (secondary N) is 1. The molecule has 1 rings (SSSR count). The van der Waals surface area contributed by atoms with Gasteiger partial charge in [-0.15, -0.1) is 0 Å². The van der Waals surface area contributed by atoms with Crippen LogP contribution in [0.5, 0.6) is 0 Å². The summed E-state index contributed by atoms with van der Waals surface area (Å²) >= 11 is 0. The van der Waals surface area contributed by atoms with E-state index in [0.29, 0.717) is 5.75 Å². The highest BCUT2D eigenvalue weighted by molar-refractivity contribution is 7.91. The first-order chi connectivity index (χ1) is 4.99. The summed E-state index contributed by atoms with van der Waals surface area (Å²) < 4.78 is 22.5. The van der Waals surface area contributed by atoms with E-state index in [0.717, 1.165) is 6.54 Å². The second-order valence-electron chi connectivity index (χ2n) is 3.49. The molecule has 0 aromatic heterocycles. The van der Waals surface area contributed by atoms with Gasteiger partial charge >= 0.3 is 0 Å². The molecule has 0 spiro atoms. The van der Waals surface area contributed by atoms with E-state index < -0.39 is 9.84 Å². The normalized spacial score (nSPS) is 38.0. The first-order valence-electron chi connectivity index (χ1n) is 3.93. The lowest BCUT2D eigenvalue weighted by molar-refractivity contribution is 0.526. The summed E-state index contributed by atoms with van der Waals surface area (Å²) in [7, 11) is -2.78. The maximum absolute atomic E-state index is 11.3. The zero-order valence-electron chi connectivity index (χ0n) is 7.00. The fourth-order valence-corrected chi connectivity index (χ4v) is 3.40. The molecule has 1 N–H and O–H groups in total. The van der Waals surface area contributed by atoms with Crippen molar-refractivity contribution in [1.82, 2.24) is 5.32 Å². The minimum atomic E-state index is -2.78. The topological polar surface area (TPSA) is 46.2 Å². The number of sulfone groups is 1. The summed E-state index contributed by atoms with van der Waals surface area (Å²) in [4.78, 5) is 0. The van der Waals surface area contributed by atoms with Crippen molar-refractivity contribution in [1.29, 1.82) is 0 Å². The largest absolute Gasteiger partial charge is 0.313 e. The molecule has 0 aromatic carbocycles. The van der Waals surface area contributed by atoms with E-state index in [1.54, 1.807) is 0 Å². The minimum Gasteiger partial charge on any atom is -0.313 e. The summed E-state index contributed by atoms with van der Waals surface area (Å²) in [5.41, 5.74) is 0. The van der Waals surface area contributed by atoms with Crippen LogP contribution in [-0.4, -0.2) is 32.5 Å². The van der Waals surface area contributed by atoms with Crippen molar-refractivity contribution in [3.05, 3.63) is 0 Å². The Morgan fingerprint density at radius 1 is 1.27 bits per heavy atom. The number of hydrogen-bond acceptors (Lipinski definition) is 3. The Morgan fingerprint density at radius 2 is 1.91 bits per heavy atom. The molecule has 66 valence electrons. The molecule has 0 saturated carbocycles. The molecule has 3 nitrogen and oxygen atoms in total. The van der Waals surface area contributed by atoms with E-state index in [9.17, 15) is 8.42 Å². The third-order valence-electron chi connectivity index (χ3n) is 1.86. The van der Waals surface area contributed by atoms with Gasteiger partial charge in [-0.25, -0.2) is 8.42 Å². The molecule has 0 aliphatic carbocycles. The van der Waals surface area contributed by atoms with Crippen LogP contribution < -0.4 is 5.32 Å². The zero-order valence-corrected chi connectivity index (χ0v) is 7.82. The number of hydrogen-bond donors (Lipinski definition) is 1. The van der Waals surface area contributed by atoms with Crippen LogP contribution in [0.25, 0.3) is 0 Å². The van der Waals surface area contributed by atoms with Gasteiger partial charge in [-0.05, 0) is 19.4 Å². The van der Waals surface area contributed by atoms with Crippen LogP contribution in [0.4, 0.5) is 0 Å². The second kappa shape index (κ2) is 3.11. The lowest BCUT2D eigenvalue weighted by Gasteiger charge is -2.07. The molecule has 1 aliphatic rings. The van der Waals surface area contributed by atoms with Crippen LogP contribution >= 0.6 is 0 Å². The van der Waals surface area contributed by atoms with Gasteiger partial charge in [-0.3, -0.25) is 0 Å². The van der Waals surface area contributed by atoms with Crippen LogP contribution in [0, 0.1) is 5.92 Å². The van der Waals surface area contributed by atoms with Gasteiger partial charge in [0.25, 0.3) is 0 Å². The van der Waals surface area contributed by atoms with E-state index in [1.807, 2.05) is 13.8 Å². The van der Waals surface area contributed by atoms with Gasteiger partial charge in [0.2, 0.25) is 0 Å². The lowest BCUT2D eigenvalue weighted by atomic mass is 10.2. The summed E-state index contributed by atoms with van der Waals surface area (Å²) in [5.74, 6) is 0.881. The minimum absolute atomic E-state index is 0.116. The fraction of sp³-hybridized carbons (Fsp3) is 1.00. The quantitative estimate of drug-likeness (QED) is 0.568. The van der Waals surface area contributed by atoms with Gasteiger partial charge in [0.15, 0.2) is 9.84 Å². The Hall–Kier alpha value is -0.0900. The Labute approximate surface area is 68.1 Å². The van der Waals surface area contributed by atoms with Crippen LogP contribution in [0.3, 0.4) is 0 Å². The zero-order chi connectivity index (χ0) is 8.48. The van der Waals surface area contributed by atoms with Gasteiger partial charge in [0.1, 0.15) is 0 Å². The number of rotatable bonds is 0. The lowest BCUT2D eigenvalue weighted by Crippen LogP contribution is -2.30. The van der Waals surface area contributed by atoms with Crippen molar-refractivity contribution in [2.75, 3.05) is 18.1 Å². The van der Waals surface area contributed by atoms with Crippen molar-refractivity contribution in [3.8, 4) is 0 Å². The predicted molar refractivity (Wildman–Crippen MR) is 45.3 cm³/mol. The molecule has 0 aromatic rings. The van der Waals surface area contributed by atoms with Crippen molar-refractivity contribution in [2.24, 2.45) is 5.92 Å². The standard InChI is InChI=1S/C7H15NO2S/c1-6-3-8-7(2)5-11(9,10)4-6/h6-8H,3-5H2,1-2H3. The van der Waals surface area contributed by atoms with Gasteiger partial charge in [0.05, 0.1) is 11.5 Å². The Balaban J connectivity index is 2.71. The van der Waals surface area contributed by atoms with E-state index in [1.165, 1.54) is 0 Å². The van der Waals surface area contributed by atoms with E-state index >= 15 is 0 Å². The molecule has 0 amide bonds. The summed E-state index contributed by atoms with van der Waals surface area (Å²) in [6, 6.07) is 0.116. The van der Waals surface area contributed by atoms with Crippen LogP contribution in [0.2, 0.25) is 0 Å². The van der Waals surface area contributed by atoms with Gasteiger partial charge in [0, 0.05) is 6.04 Å². The van der Waals surface area contributed by atoms with Crippen molar-refractivity contribution in [2.45, 2.75) is 19.9 Å². The first kappa shape index (κ1) is 9.00. The molecular weight excluding hydrogens is 162 g/mol. The highest BCUT2D eigenvalue weighted by atomic mass is 32.2.